The largest absolute Gasteiger partial charge is 0.439 e. The van der Waals surface area contributed by atoms with E-state index in [4.69, 9.17) is 16.3 Å². The predicted octanol–water partition coefficient (Wildman–Crippen LogP) is 4.93. The van der Waals surface area contributed by atoms with Crippen LogP contribution in [0.1, 0.15) is 42.6 Å². The van der Waals surface area contributed by atoms with Gasteiger partial charge in [0.05, 0.1) is 0 Å². The van der Waals surface area contributed by atoms with E-state index in [1.165, 1.54) is 25.7 Å². The Morgan fingerprint density at radius 2 is 1.84 bits per heavy atom. The van der Waals surface area contributed by atoms with E-state index >= 15 is 0 Å². The Balaban J connectivity index is 1.47. The lowest BCUT2D eigenvalue weighted by molar-refractivity contribution is 0.0766. The third-order valence-corrected chi connectivity index (χ3v) is 5.62. The second kappa shape index (κ2) is 6.68. The van der Waals surface area contributed by atoms with Crippen LogP contribution in [0.3, 0.4) is 0 Å². The second-order valence-electron chi connectivity index (χ2n) is 7.10. The highest BCUT2D eigenvalue weighted by Gasteiger charge is 2.42. The van der Waals surface area contributed by atoms with E-state index in [1.807, 2.05) is 11.0 Å². The third-order valence-electron chi connectivity index (χ3n) is 5.37. The quantitative estimate of drug-likeness (QED) is 0.782. The minimum Gasteiger partial charge on any atom is -0.439 e. The van der Waals surface area contributed by atoms with Gasteiger partial charge in [-0.1, -0.05) is 30.5 Å². The Labute approximate surface area is 152 Å². The maximum Gasteiger partial charge on any atom is 0.272 e. The van der Waals surface area contributed by atoms with Gasteiger partial charge in [-0.15, -0.1) is 0 Å². The Bertz CT molecular complexity index is 770. The average Bonchev–Trinajstić information content (AvgIpc) is 3.27. The van der Waals surface area contributed by atoms with Gasteiger partial charge in [-0.25, -0.2) is 4.98 Å². The van der Waals surface area contributed by atoms with E-state index in [9.17, 15) is 4.79 Å². The molecule has 1 aliphatic carbocycles. The molecule has 2 aliphatic rings. The van der Waals surface area contributed by atoms with E-state index in [0.29, 0.717) is 27.8 Å². The van der Waals surface area contributed by atoms with Gasteiger partial charge < -0.3 is 9.64 Å². The molecule has 1 aliphatic heterocycles. The van der Waals surface area contributed by atoms with Crippen LogP contribution in [0.25, 0.3) is 0 Å². The summed E-state index contributed by atoms with van der Waals surface area (Å²) in [6.07, 6.45) is 6.23. The molecule has 1 amide bonds. The zero-order chi connectivity index (χ0) is 17.3. The van der Waals surface area contributed by atoms with E-state index < -0.39 is 0 Å². The summed E-state index contributed by atoms with van der Waals surface area (Å²) in [6.45, 7) is 1.71. The normalized spacial score (nSPS) is 18.7. The van der Waals surface area contributed by atoms with Gasteiger partial charge in [0.15, 0.2) is 0 Å². The van der Waals surface area contributed by atoms with Gasteiger partial charge in [0.25, 0.3) is 5.91 Å². The molecule has 0 bridgehead atoms. The number of pyridine rings is 1. The van der Waals surface area contributed by atoms with Crippen LogP contribution in [0.15, 0.2) is 42.5 Å². The molecule has 2 heterocycles. The fraction of sp³-hybridized carbons (Fsp3) is 0.400. The van der Waals surface area contributed by atoms with E-state index in [-0.39, 0.29) is 5.91 Å². The van der Waals surface area contributed by atoms with E-state index in [1.54, 1.807) is 36.4 Å². The average molecular weight is 357 g/mol. The van der Waals surface area contributed by atoms with E-state index in [2.05, 4.69) is 4.98 Å². The molecule has 0 N–H and O–H groups in total. The summed E-state index contributed by atoms with van der Waals surface area (Å²) >= 11 is 5.88. The second-order valence-corrected chi connectivity index (χ2v) is 7.54. The molecule has 1 aromatic heterocycles. The Hall–Kier alpha value is -2.07. The molecule has 5 heteroatoms. The number of rotatable bonds is 3. The van der Waals surface area contributed by atoms with Gasteiger partial charge in [-0.05, 0) is 55.0 Å². The molecule has 0 unspecified atom stereocenters. The molecule has 2 fully saturated rings. The van der Waals surface area contributed by atoms with Crippen LogP contribution in [0, 0.1) is 5.41 Å². The van der Waals surface area contributed by atoms with Gasteiger partial charge >= 0.3 is 0 Å². The number of amides is 1. The Morgan fingerprint density at radius 3 is 2.60 bits per heavy atom. The smallest absolute Gasteiger partial charge is 0.272 e. The lowest BCUT2D eigenvalue weighted by Gasteiger charge is -2.23. The lowest BCUT2D eigenvalue weighted by atomic mass is 9.86. The van der Waals surface area contributed by atoms with Crippen molar-refractivity contribution < 1.29 is 9.53 Å². The predicted molar refractivity (Wildman–Crippen MR) is 97.2 cm³/mol. The van der Waals surface area contributed by atoms with Crippen molar-refractivity contribution in [1.82, 2.24) is 9.88 Å². The molecule has 1 spiro atoms. The van der Waals surface area contributed by atoms with Crippen LogP contribution in [-0.2, 0) is 0 Å². The van der Waals surface area contributed by atoms with Gasteiger partial charge in [-0.3, -0.25) is 4.79 Å². The van der Waals surface area contributed by atoms with Crippen molar-refractivity contribution in [3.05, 3.63) is 53.2 Å². The number of aromatic nitrogens is 1. The first-order valence-electron chi connectivity index (χ1n) is 8.83. The summed E-state index contributed by atoms with van der Waals surface area (Å²) in [5.41, 5.74) is 0.814. The molecule has 0 atom stereocenters. The highest BCUT2D eigenvalue weighted by Crippen LogP contribution is 2.45. The van der Waals surface area contributed by atoms with Crippen molar-refractivity contribution in [2.45, 2.75) is 32.1 Å². The molecule has 25 heavy (non-hydrogen) atoms. The molecule has 130 valence electrons. The first-order chi connectivity index (χ1) is 12.1. The van der Waals surface area contributed by atoms with Crippen LogP contribution < -0.4 is 4.74 Å². The number of carbonyl (C=O) groups is 1. The topological polar surface area (TPSA) is 42.4 Å². The number of hydrogen-bond acceptors (Lipinski definition) is 3. The number of hydrogen-bond donors (Lipinski definition) is 0. The number of nitrogens with zero attached hydrogens (tertiary/aromatic N) is 2. The van der Waals surface area contributed by atoms with Crippen LogP contribution in [0.5, 0.6) is 11.6 Å². The van der Waals surface area contributed by atoms with Crippen LogP contribution in [0.4, 0.5) is 0 Å². The molecule has 1 saturated heterocycles. The zero-order valence-corrected chi connectivity index (χ0v) is 14.8. The number of benzene rings is 1. The van der Waals surface area contributed by atoms with Crippen LogP contribution >= 0.6 is 11.6 Å². The summed E-state index contributed by atoms with van der Waals surface area (Å²) < 4.78 is 5.74. The fourth-order valence-electron chi connectivity index (χ4n) is 4.02. The first-order valence-corrected chi connectivity index (χ1v) is 9.21. The lowest BCUT2D eigenvalue weighted by Crippen LogP contribution is -2.31. The van der Waals surface area contributed by atoms with Gasteiger partial charge in [-0.2, -0.15) is 0 Å². The fourth-order valence-corrected chi connectivity index (χ4v) is 4.14. The molecular weight excluding hydrogens is 336 g/mol. The van der Waals surface area contributed by atoms with Gasteiger partial charge in [0.2, 0.25) is 5.88 Å². The van der Waals surface area contributed by atoms with Crippen molar-refractivity contribution in [2.24, 2.45) is 5.41 Å². The highest BCUT2D eigenvalue weighted by atomic mass is 35.5. The van der Waals surface area contributed by atoms with E-state index in [0.717, 1.165) is 19.5 Å². The molecule has 4 rings (SSSR count). The van der Waals surface area contributed by atoms with Crippen molar-refractivity contribution in [3.63, 3.8) is 0 Å². The monoisotopic (exact) mass is 356 g/mol. The Morgan fingerprint density at radius 1 is 1.08 bits per heavy atom. The first kappa shape index (κ1) is 16.4. The molecular formula is C20H21ClN2O2. The van der Waals surface area contributed by atoms with Crippen molar-refractivity contribution in [2.75, 3.05) is 13.1 Å². The highest BCUT2D eigenvalue weighted by molar-refractivity contribution is 6.30. The minimum absolute atomic E-state index is 0.00494. The summed E-state index contributed by atoms with van der Waals surface area (Å²) in [5, 5.41) is 0.652. The molecule has 1 aromatic carbocycles. The summed E-state index contributed by atoms with van der Waals surface area (Å²) in [6, 6.07) is 12.4. The number of carbonyl (C=O) groups excluding carboxylic acids is 1. The maximum atomic E-state index is 12.8. The summed E-state index contributed by atoms with van der Waals surface area (Å²) in [7, 11) is 0. The Kier molecular flexibility index (Phi) is 4.38. The molecule has 4 nitrogen and oxygen atoms in total. The third kappa shape index (κ3) is 3.49. The van der Waals surface area contributed by atoms with Crippen LogP contribution in [-0.4, -0.2) is 28.9 Å². The standard InChI is InChI=1S/C20H21ClN2O2/c21-15-6-8-16(9-7-15)25-18-5-3-4-17(22-18)19(24)23-13-12-20(14-23)10-1-2-11-20/h3-9H,1-2,10-14H2. The van der Waals surface area contributed by atoms with Crippen molar-refractivity contribution >= 4 is 17.5 Å². The number of likely N-dealkylation sites (tertiary alicyclic amines) is 1. The number of halogens is 1. The number of ether oxygens (including phenoxy) is 1. The maximum absolute atomic E-state index is 12.8. The molecule has 1 saturated carbocycles. The van der Waals surface area contributed by atoms with Crippen LogP contribution in [0.2, 0.25) is 5.02 Å². The zero-order valence-electron chi connectivity index (χ0n) is 14.1. The van der Waals surface area contributed by atoms with Gasteiger partial charge in [0.1, 0.15) is 11.4 Å². The molecule has 2 aromatic rings. The SMILES string of the molecule is O=C(c1cccc(Oc2ccc(Cl)cc2)n1)N1CCC2(CCCC2)C1. The van der Waals surface area contributed by atoms with Crippen molar-refractivity contribution in [3.8, 4) is 11.6 Å². The molecule has 0 radical (unpaired) electrons. The van der Waals surface area contributed by atoms with Crippen molar-refractivity contribution in [1.29, 1.82) is 0 Å². The minimum atomic E-state index is 0.00494. The summed E-state index contributed by atoms with van der Waals surface area (Å²) in [5.74, 6) is 1.07. The summed E-state index contributed by atoms with van der Waals surface area (Å²) in [4.78, 5) is 19.2. The van der Waals surface area contributed by atoms with Gasteiger partial charge in [0, 0.05) is 24.2 Å².